The van der Waals surface area contributed by atoms with Crippen LogP contribution in [-0.2, 0) is 18.7 Å². The number of hydrogen-bond donors (Lipinski definition) is 6. The molecule has 0 aromatic rings. The van der Waals surface area contributed by atoms with E-state index in [1.165, 1.54) is 6.92 Å². The summed E-state index contributed by atoms with van der Waals surface area (Å²) in [5.41, 5.74) is -3.11. The Labute approximate surface area is 298 Å². The van der Waals surface area contributed by atoms with E-state index in [1.54, 1.807) is 20.8 Å². The lowest BCUT2D eigenvalue weighted by Gasteiger charge is -2.49. The fourth-order valence-corrected chi connectivity index (χ4v) is 8.42. The SMILES string of the molecule is CC[C@@H](O)[C@@](C)(O)[C@H](O[Si](C)(C)C(C)(C)C)[C@@H](C)N(C)C[C@H](C)C[C@@](C)(O)[C@H](O[C@@H]1O[C@H](C)C[C@H](N(C)C)[C@H]1O)[C@@H](C)[C@H](O)[C@@H](C)C(=O)O. The average molecular weight is 723 g/mol. The monoisotopic (exact) mass is 723 g/mol. The van der Waals surface area contributed by atoms with Gasteiger partial charge in [-0.25, -0.2) is 0 Å². The van der Waals surface area contributed by atoms with Gasteiger partial charge in [0.05, 0.1) is 42.0 Å². The van der Waals surface area contributed by atoms with E-state index in [4.69, 9.17) is 13.9 Å². The van der Waals surface area contributed by atoms with E-state index in [9.17, 15) is 35.4 Å². The summed E-state index contributed by atoms with van der Waals surface area (Å²) in [6.45, 7) is 25.1. The van der Waals surface area contributed by atoms with Gasteiger partial charge >= 0.3 is 5.97 Å². The normalized spacial score (nSPS) is 28.6. The number of aliphatic carboxylic acids is 1. The highest BCUT2D eigenvalue weighted by atomic mass is 28.4. The Bertz CT molecular complexity index is 1020. The molecule has 13 heteroatoms. The van der Waals surface area contributed by atoms with Gasteiger partial charge in [-0.1, -0.05) is 41.5 Å². The van der Waals surface area contributed by atoms with Crippen LogP contribution in [0.25, 0.3) is 0 Å². The molecule has 0 amide bonds. The van der Waals surface area contributed by atoms with Crippen LogP contribution in [0.2, 0.25) is 18.1 Å². The van der Waals surface area contributed by atoms with E-state index < -0.39 is 74.1 Å². The number of rotatable bonds is 19. The molecule has 0 aromatic carbocycles. The van der Waals surface area contributed by atoms with Crippen molar-refractivity contribution >= 4 is 14.3 Å². The number of likely N-dealkylation sites (N-methyl/N-ethyl adjacent to an activating group) is 2. The van der Waals surface area contributed by atoms with E-state index in [1.807, 2.05) is 53.7 Å². The Kier molecular flexibility index (Phi) is 16.9. The topological polar surface area (TPSA) is 173 Å². The van der Waals surface area contributed by atoms with Gasteiger partial charge in [0, 0.05) is 24.5 Å². The molecule has 1 fully saturated rings. The highest BCUT2D eigenvalue weighted by molar-refractivity contribution is 6.74. The van der Waals surface area contributed by atoms with Gasteiger partial charge < -0.3 is 54.3 Å². The second-order valence-corrected chi connectivity index (χ2v) is 22.2. The van der Waals surface area contributed by atoms with E-state index in [0.717, 1.165) is 0 Å². The van der Waals surface area contributed by atoms with E-state index in [2.05, 4.69) is 38.8 Å². The molecule has 0 aromatic heterocycles. The standard InChI is InChI=1S/C36H74N2O10Si/c1-17-27(39)36(11,45)31(48-49(15,16)34(7,8)9)25(6)38(14)20-21(2)19-35(10,44)30(23(4)28(40)24(5)32(42)43)47-33-29(41)26(37(12)13)18-22(3)46-33/h21-31,33,39-41,44-45H,17-20H2,1-16H3,(H,42,43)/t21-,22-,23+,24-,25-,26+,27-,28+,29-,30-,31-,33+,35-,36-/m1/s1. The van der Waals surface area contributed by atoms with E-state index in [-0.39, 0.29) is 35.6 Å². The van der Waals surface area contributed by atoms with Gasteiger partial charge in [0.2, 0.25) is 0 Å². The smallest absolute Gasteiger partial charge is 0.308 e. The van der Waals surface area contributed by atoms with Gasteiger partial charge in [0.25, 0.3) is 0 Å². The molecule has 1 heterocycles. The fraction of sp³-hybridized carbons (Fsp3) is 0.972. The minimum absolute atomic E-state index is 0.128. The molecule has 0 saturated carbocycles. The summed E-state index contributed by atoms with van der Waals surface area (Å²) in [4.78, 5) is 15.8. The second-order valence-electron chi connectivity index (χ2n) is 17.4. The highest BCUT2D eigenvalue weighted by Gasteiger charge is 2.50. The van der Waals surface area contributed by atoms with Gasteiger partial charge in [-0.3, -0.25) is 4.79 Å². The molecule has 0 radical (unpaired) electrons. The van der Waals surface area contributed by atoms with Crippen molar-refractivity contribution in [2.45, 2.75) is 180 Å². The summed E-state index contributed by atoms with van der Waals surface area (Å²) < 4.78 is 19.2. The molecule has 1 aliphatic heterocycles. The Morgan fingerprint density at radius 2 is 1.53 bits per heavy atom. The van der Waals surface area contributed by atoms with Crippen molar-refractivity contribution in [1.29, 1.82) is 0 Å². The number of ether oxygens (including phenoxy) is 2. The van der Waals surface area contributed by atoms with Crippen LogP contribution in [-0.4, -0.2) is 149 Å². The van der Waals surface area contributed by atoms with Crippen LogP contribution in [0, 0.1) is 17.8 Å². The first-order valence-electron chi connectivity index (χ1n) is 18.1. The van der Waals surface area contributed by atoms with Gasteiger partial charge in [-0.2, -0.15) is 0 Å². The number of aliphatic hydroxyl groups excluding tert-OH is 3. The Morgan fingerprint density at radius 3 is 1.98 bits per heavy atom. The first kappa shape index (κ1) is 46.3. The lowest BCUT2D eigenvalue weighted by molar-refractivity contribution is -0.299. The number of aliphatic hydroxyl groups is 5. The Balaban J connectivity index is 3.40. The summed E-state index contributed by atoms with van der Waals surface area (Å²) in [6.07, 6.45) is -5.42. The van der Waals surface area contributed by atoms with Gasteiger partial charge in [-0.15, -0.1) is 0 Å². The summed E-state index contributed by atoms with van der Waals surface area (Å²) in [5.74, 6) is -3.30. The van der Waals surface area contributed by atoms with Crippen LogP contribution in [0.3, 0.4) is 0 Å². The van der Waals surface area contributed by atoms with Crippen molar-refractivity contribution in [3.8, 4) is 0 Å². The fourth-order valence-electron chi connectivity index (χ4n) is 7.00. The first-order valence-corrected chi connectivity index (χ1v) is 21.0. The van der Waals surface area contributed by atoms with Crippen LogP contribution in [0.5, 0.6) is 0 Å². The lowest BCUT2D eigenvalue weighted by Crippen LogP contribution is -2.62. The summed E-state index contributed by atoms with van der Waals surface area (Å²) in [6, 6.07) is -0.589. The number of hydrogen-bond acceptors (Lipinski definition) is 11. The summed E-state index contributed by atoms with van der Waals surface area (Å²) in [5, 5.41) is 66.6. The maximum Gasteiger partial charge on any atom is 0.308 e. The third-order valence-corrected chi connectivity index (χ3v) is 15.9. The number of nitrogens with zero attached hydrogens (tertiary/aromatic N) is 2. The maximum atomic E-state index is 12.1. The molecule has 49 heavy (non-hydrogen) atoms. The van der Waals surface area contributed by atoms with Gasteiger partial charge in [-0.05, 0) is 99.1 Å². The van der Waals surface area contributed by atoms with Crippen LogP contribution in [0.15, 0.2) is 0 Å². The van der Waals surface area contributed by atoms with E-state index in [0.29, 0.717) is 19.4 Å². The maximum absolute atomic E-state index is 12.1. The average Bonchev–Trinajstić information content (AvgIpc) is 2.96. The molecule has 0 unspecified atom stereocenters. The molecule has 12 nitrogen and oxygen atoms in total. The molecule has 1 saturated heterocycles. The minimum atomic E-state index is -2.38. The largest absolute Gasteiger partial charge is 0.481 e. The van der Waals surface area contributed by atoms with Crippen LogP contribution in [0.1, 0.15) is 95.4 Å². The molecule has 292 valence electrons. The predicted octanol–water partition coefficient (Wildman–Crippen LogP) is 3.53. The predicted molar refractivity (Wildman–Crippen MR) is 195 cm³/mol. The van der Waals surface area contributed by atoms with Crippen molar-refractivity contribution in [1.82, 2.24) is 9.80 Å². The second kappa shape index (κ2) is 17.9. The lowest BCUT2D eigenvalue weighted by atomic mass is 9.78. The molecule has 1 aliphatic rings. The van der Waals surface area contributed by atoms with Gasteiger partial charge in [0.1, 0.15) is 11.7 Å². The molecule has 14 atom stereocenters. The van der Waals surface area contributed by atoms with Crippen molar-refractivity contribution < 1.29 is 49.3 Å². The summed E-state index contributed by atoms with van der Waals surface area (Å²) in [7, 11) is 3.27. The Morgan fingerprint density at radius 1 is 1.00 bits per heavy atom. The van der Waals surface area contributed by atoms with Crippen molar-refractivity contribution in [3.63, 3.8) is 0 Å². The molecule has 6 N–H and O–H groups in total. The van der Waals surface area contributed by atoms with E-state index >= 15 is 0 Å². The number of carboxylic acids is 1. The molecule has 0 aliphatic carbocycles. The van der Waals surface area contributed by atoms with Crippen LogP contribution < -0.4 is 0 Å². The zero-order valence-corrected chi connectivity index (χ0v) is 34.5. The Hall–Kier alpha value is -0.713. The quantitative estimate of drug-likeness (QED) is 0.107. The zero-order chi connectivity index (χ0) is 38.6. The van der Waals surface area contributed by atoms with Crippen LogP contribution in [0.4, 0.5) is 0 Å². The molecular weight excluding hydrogens is 648 g/mol. The van der Waals surface area contributed by atoms with Gasteiger partial charge in [0.15, 0.2) is 14.6 Å². The molecule has 0 spiro atoms. The highest BCUT2D eigenvalue weighted by Crippen LogP contribution is 2.41. The third kappa shape index (κ3) is 11.9. The minimum Gasteiger partial charge on any atom is -0.481 e. The first-order chi connectivity index (χ1) is 22.0. The number of carboxylic acid groups (broad SMARTS) is 1. The summed E-state index contributed by atoms with van der Waals surface area (Å²) >= 11 is 0. The molecule has 1 rings (SSSR count). The van der Waals surface area contributed by atoms with Crippen LogP contribution >= 0.6 is 0 Å². The molecule has 0 bridgehead atoms. The third-order valence-electron chi connectivity index (χ3n) is 11.4. The van der Waals surface area contributed by atoms with Crippen molar-refractivity contribution in [2.24, 2.45) is 17.8 Å². The molecular formula is C36H74N2O10Si. The van der Waals surface area contributed by atoms with Crippen molar-refractivity contribution in [3.05, 3.63) is 0 Å². The zero-order valence-electron chi connectivity index (χ0n) is 33.5. The number of carbonyl (C=O) groups is 1. The van der Waals surface area contributed by atoms with Crippen molar-refractivity contribution in [2.75, 3.05) is 27.7 Å².